The Hall–Kier alpha value is -2.27. The van der Waals surface area contributed by atoms with Crippen molar-refractivity contribution in [2.24, 2.45) is 11.7 Å². The van der Waals surface area contributed by atoms with Gasteiger partial charge in [0.15, 0.2) is 0 Å². The zero-order chi connectivity index (χ0) is 17.1. The number of H-pyrrole nitrogens is 1. The van der Waals surface area contributed by atoms with Gasteiger partial charge in [0.05, 0.1) is 13.3 Å². The van der Waals surface area contributed by atoms with Crippen molar-refractivity contribution in [3.05, 3.63) is 59.8 Å². The number of benzene rings is 2. The second kappa shape index (κ2) is 7.09. The normalized spacial score (nSPS) is 11.3. The topological polar surface area (TPSA) is 41.8 Å². The third kappa shape index (κ3) is 3.31. The van der Waals surface area contributed by atoms with E-state index in [1.807, 2.05) is 48.7 Å². The second-order valence-corrected chi connectivity index (χ2v) is 6.34. The Kier molecular flexibility index (Phi) is 4.90. The van der Waals surface area contributed by atoms with Crippen LogP contribution in [0, 0.1) is 5.92 Å². The van der Waals surface area contributed by atoms with Gasteiger partial charge in [0.1, 0.15) is 4.99 Å². The molecule has 0 aliphatic heterocycles. The number of rotatable bonds is 6. The first-order valence-electron chi connectivity index (χ1n) is 7.74. The average Bonchev–Trinajstić information content (AvgIpc) is 3.08. The molecule has 0 fully saturated rings. The lowest BCUT2D eigenvalue weighted by molar-refractivity contribution is 0.288. The monoisotopic (exact) mass is 344 g/mol. The number of thiocarbonyl (C=S) groups is 1. The molecule has 124 valence electrons. The minimum atomic E-state index is -0.663. The average molecular weight is 344 g/mol. The predicted octanol–water partition coefficient (Wildman–Crippen LogP) is 4.57. The van der Waals surface area contributed by atoms with Crippen LogP contribution < -0.4 is 5.73 Å². The van der Waals surface area contributed by atoms with Crippen LogP contribution in [0.5, 0.6) is 0 Å². The van der Waals surface area contributed by atoms with Gasteiger partial charge in [-0.3, -0.25) is 8.78 Å². The molecule has 5 heteroatoms. The van der Waals surface area contributed by atoms with E-state index in [9.17, 15) is 8.78 Å². The van der Waals surface area contributed by atoms with Crippen molar-refractivity contribution < 1.29 is 8.78 Å². The predicted molar refractivity (Wildman–Crippen MR) is 98.8 cm³/mol. The second-order valence-electron chi connectivity index (χ2n) is 5.90. The van der Waals surface area contributed by atoms with Gasteiger partial charge in [-0.1, -0.05) is 36.5 Å². The van der Waals surface area contributed by atoms with Crippen LogP contribution in [0.2, 0.25) is 0 Å². The largest absolute Gasteiger partial charge is 0.389 e. The highest BCUT2D eigenvalue weighted by atomic mass is 32.1. The first kappa shape index (κ1) is 16.6. The van der Waals surface area contributed by atoms with Gasteiger partial charge in [0.2, 0.25) is 0 Å². The highest BCUT2D eigenvalue weighted by molar-refractivity contribution is 7.80. The maximum Gasteiger partial charge on any atom is 0.104 e. The first-order valence-corrected chi connectivity index (χ1v) is 8.15. The Bertz CT molecular complexity index is 869. The number of hydrogen-bond acceptors (Lipinski definition) is 1. The van der Waals surface area contributed by atoms with Gasteiger partial charge in [-0.25, -0.2) is 0 Å². The molecule has 0 unspecified atom stereocenters. The van der Waals surface area contributed by atoms with Crippen molar-refractivity contribution >= 4 is 28.1 Å². The lowest BCUT2D eigenvalue weighted by Gasteiger charge is -2.13. The quantitative estimate of drug-likeness (QED) is 0.643. The van der Waals surface area contributed by atoms with E-state index in [-0.39, 0.29) is 0 Å². The van der Waals surface area contributed by atoms with E-state index in [0.29, 0.717) is 11.4 Å². The summed E-state index contributed by atoms with van der Waals surface area (Å²) in [5, 5.41) is 0.996. The van der Waals surface area contributed by atoms with E-state index in [1.165, 1.54) is 0 Å². The van der Waals surface area contributed by atoms with Gasteiger partial charge in [0.25, 0.3) is 0 Å². The lowest BCUT2D eigenvalue weighted by atomic mass is 9.94. The third-order valence-corrected chi connectivity index (χ3v) is 4.42. The summed E-state index contributed by atoms with van der Waals surface area (Å²) < 4.78 is 25.9. The number of halogens is 2. The van der Waals surface area contributed by atoms with E-state index in [4.69, 9.17) is 18.0 Å². The maximum absolute atomic E-state index is 13.0. The summed E-state index contributed by atoms with van der Waals surface area (Å²) in [6.07, 6.45) is 2.20. The summed E-state index contributed by atoms with van der Waals surface area (Å²) in [6.45, 7) is -1.33. The zero-order valence-electron chi connectivity index (χ0n) is 13.1. The molecule has 0 amide bonds. The number of nitrogens with two attached hydrogens (primary N) is 1. The van der Waals surface area contributed by atoms with E-state index in [0.717, 1.165) is 33.2 Å². The van der Waals surface area contributed by atoms with E-state index in [1.54, 1.807) is 0 Å². The van der Waals surface area contributed by atoms with Crippen LogP contribution in [-0.2, 0) is 6.42 Å². The fraction of sp³-hybridized carbons (Fsp3) is 0.211. The van der Waals surface area contributed by atoms with Crippen molar-refractivity contribution in [1.82, 2.24) is 4.98 Å². The molecule has 3 rings (SSSR count). The van der Waals surface area contributed by atoms with Crippen molar-refractivity contribution in [2.75, 3.05) is 13.3 Å². The Morgan fingerprint density at radius 2 is 1.88 bits per heavy atom. The number of alkyl halides is 2. The lowest BCUT2D eigenvalue weighted by Crippen LogP contribution is -2.10. The molecule has 0 aliphatic carbocycles. The van der Waals surface area contributed by atoms with Crippen molar-refractivity contribution in [2.45, 2.75) is 6.42 Å². The molecule has 2 aromatic carbocycles. The van der Waals surface area contributed by atoms with Gasteiger partial charge in [0, 0.05) is 28.6 Å². The number of hydrogen-bond donors (Lipinski definition) is 2. The zero-order valence-corrected chi connectivity index (χ0v) is 13.9. The van der Waals surface area contributed by atoms with Gasteiger partial charge in [-0.15, -0.1) is 0 Å². The number of aromatic nitrogens is 1. The molecule has 3 aromatic rings. The summed E-state index contributed by atoms with van der Waals surface area (Å²) in [5.74, 6) is -0.610. The van der Waals surface area contributed by atoms with Gasteiger partial charge in [-0.2, -0.15) is 0 Å². The molecule has 0 atom stereocenters. The van der Waals surface area contributed by atoms with Crippen molar-refractivity contribution in [3.63, 3.8) is 0 Å². The fourth-order valence-electron chi connectivity index (χ4n) is 2.89. The van der Waals surface area contributed by atoms with Crippen molar-refractivity contribution in [3.8, 4) is 11.1 Å². The van der Waals surface area contributed by atoms with Gasteiger partial charge < -0.3 is 10.7 Å². The summed E-state index contributed by atoms with van der Waals surface area (Å²) in [7, 11) is 0. The number of nitrogens with one attached hydrogen (secondary N) is 1. The van der Waals surface area contributed by atoms with Crippen LogP contribution in [0.3, 0.4) is 0 Å². The molecular weight excluding hydrogens is 326 g/mol. The van der Waals surface area contributed by atoms with Crippen LogP contribution in [0.4, 0.5) is 8.78 Å². The highest BCUT2D eigenvalue weighted by Crippen LogP contribution is 2.29. The van der Waals surface area contributed by atoms with Crippen LogP contribution in [0.15, 0.2) is 48.7 Å². The Morgan fingerprint density at radius 3 is 2.58 bits per heavy atom. The van der Waals surface area contributed by atoms with Gasteiger partial charge >= 0.3 is 0 Å². The molecule has 3 N–H and O–H groups in total. The summed E-state index contributed by atoms with van der Waals surface area (Å²) >= 11 is 5.04. The molecule has 0 aliphatic rings. The summed E-state index contributed by atoms with van der Waals surface area (Å²) in [6, 6.07) is 13.6. The molecule has 1 heterocycles. The molecule has 0 radical (unpaired) electrons. The minimum absolute atomic E-state index is 0.341. The van der Waals surface area contributed by atoms with Crippen LogP contribution >= 0.6 is 12.2 Å². The molecule has 0 saturated carbocycles. The Morgan fingerprint density at radius 1 is 1.08 bits per heavy atom. The fourth-order valence-corrected chi connectivity index (χ4v) is 3.02. The third-order valence-electron chi connectivity index (χ3n) is 4.18. The summed E-state index contributed by atoms with van der Waals surface area (Å²) in [5.41, 5.74) is 10.3. The van der Waals surface area contributed by atoms with Crippen LogP contribution in [0.25, 0.3) is 22.0 Å². The molecule has 0 saturated heterocycles. The van der Waals surface area contributed by atoms with Crippen LogP contribution in [-0.4, -0.2) is 23.3 Å². The molecule has 24 heavy (non-hydrogen) atoms. The highest BCUT2D eigenvalue weighted by Gasteiger charge is 2.14. The van der Waals surface area contributed by atoms with E-state index in [2.05, 4.69) is 4.98 Å². The summed E-state index contributed by atoms with van der Waals surface area (Å²) in [4.78, 5) is 3.52. The van der Waals surface area contributed by atoms with Crippen LogP contribution in [0.1, 0.15) is 11.1 Å². The molecule has 1 aromatic heterocycles. The number of fused-ring (bicyclic) bond motifs is 1. The molecule has 0 spiro atoms. The smallest absolute Gasteiger partial charge is 0.104 e. The molecule has 2 nitrogen and oxygen atoms in total. The van der Waals surface area contributed by atoms with E-state index >= 15 is 0 Å². The standard InChI is InChI=1S/C19H18F2N2S/c20-10-12(11-21)6-16-8-15(9-18-17(16)4-5-23-18)13-2-1-3-14(7-13)19(22)24/h1-5,7-9,12,23H,6,10-11H2,(H2,22,24). The maximum atomic E-state index is 13.0. The minimum Gasteiger partial charge on any atom is -0.389 e. The number of aromatic amines is 1. The molecule has 0 bridgehead atoms. The first-order chi connectivity index (χ1) is 11.6. The molecular formula is C19H18F2N2S. The van der Waals surface area contributed by atoms with E-state index < -0.39 is 19.3 Å². The Labute approximate surface area is 144 Å². The Balaban J connectivity index is 2.09. The SMILES string of the molecule is NC(=S)c1cccc(-c2cc(CC(CF)CF)c3cc[nH]c3c2)c1. The van der Waals surface area contributed by atoms with Crippen molar-refractivity contribution in [1.29, 1.82) is 0 Å². The van der Waals surface area contributed by atoms with Gasteiger partial charge in [-0.05, 0) is 41.3 Å².